The number of aliphatic hydroxyl groups excluding tert-OH is 1. The molecule has 1 aliphatic rings. The summed E-state index contributed by atoms with van der Waals surface area (Å²) in [5.41, 5.74) is 1.75. The van der Waals surface area contributed by atoms with E-state index in [1.54, 1.807) is 12.3 Å². The van der Waals surface area contributed by atoms with Crippen LogP contribution in [-0.2, 0) is 15.0 Å². The lowest BCUT2D eigenvalue weighted by atomic mass is 9.94. The van der Waals surface area contributed by atoms with Crippen LogP contribution in [0.4, 0.5) is 5.69 Å². The van der Waals surface area contributed by atoms with E-state index < -0.39 is 24.0 Å². The Morgan fingerprint density at radius 1 is 1.07 bits per heavy atom. The molecule has 1 aromatic heterocycles. The minimum absolute atomic E-state index is 0.226. The van der Waals surface area contributed by atoms with Gasteiger partial charge in [-0.1, -0.05) is 36.4 Å². The van der Waals surface area contributed by atoms with Crippen molar-refractivity contribution in [3.8, 4) is 0 Å². The number of nitrogens with zero attached hydrogens (tertiary/aromatic N) is 1. The van der Waals surface area contributed by atoms with E-state index in [1.165, 1.54) is 0 Å². The summed E-state index contributed by atoms with van der Waals surface area (Å²) >= 11 is 0. The molecule has 3 N–H and O–H groups in total. The van der Waals surface area contributed by atoms with Gasteiger partial charge >= 0.3 is 0 Å². The number of hydrogen-bond acceptors (Lipinski definition) is 4. The second kappa shape index (κ2) is 7.40. The number of fused-ring (bicyclic) bond motifs is 1. The zero-order valence-electron chi connectivity index (χ0n) is 15.3. The standard InChI is InChI=1S/C22H21N3O3/c26-14-19(25-21(28)22(10-11-22)16-6-2-1-3-7-16)20(27)24-17-8-9-18-15(13-17)5-4-12-23-18/h1-9,12-13,19,26H,10-11,14H2,(H,24,27)(H,25,28)/t19-/m0/s1. The summed E-state index contributed by atoms with van der Waals surface area (Å²) in [6.07, 6.45) is 3.18. The molecule has 28 heavy (non-hydrogen) atoms. The summed E-state index contributed by atoms with van der Waals surface area (Å²) in [4.78, 5) is 29.7. The van der Waals surface area contributed by atoms with Crippen LogP contribution < -0.4 is 10.6 Å². The van der Waals surface area contributed by atoms with Gasteiger partial charge in [-0.25, -0.2) is 0 Å². The molecular weight excluding hydrogens is 354 g/mol. The number of carbonyl (C=O) groups excluding carboxylic acids is 2. The van der Waals surface area contributed by atoms with Gasteiger partial charge in [-0.2, -0.15) is 0 Å². The molecule has 0 saturated heterocycles. The lowest BCUT2D eigenvalue weighted by molar-refractivity contribution is -0.129. The van der Waals surface area contributed by atoms with Crippen LogP contribution in [0.1, 0.15) is 18.4 Å². The Morgan fingerprint density at radius 3 is 2.57 bits per heavy atom. The molecule has 3 aromatic rings. The predicted molar refractivity (Wildman–Crippen MR) is 107 cm³/mol. The summed E-state index contributed by atoms with van der Waals surface area (Å²) in [6.45, 7) is -0.475. The van der Waals surface area contributed by atoms with Crippen LogP contribution in [0.3, 0.4) is 0 Å². The van der Waals surface area contributed by atoms with E-state index in [1.807, 2.05) is 54.6 Å². The fourth-order valence-electron chi connectivity index (χ4n) is 3.40. The first-order chi connectivity index (χ1) is 13.6. The van der Waals surface area contributed by atoms with Crippen LogP contribution in [0.25, 0.3) is 10.9 Å². The Labute approximate surface area is 162 Å². The summed E-state index contributed by atoms with van der Waals surface area (Å²) in [7, 11) is 0. The summed E-state index contributed by atoms with van der Waals surface area (Å²) in [5, 5.41) is 16.0. The van der Waals surface area contributed by atoms with E-state index in [9.17, 15) is 14.7 Å². The molecule has 0 unspecified atom stereocenters. The zero-order chi connectivity index (χ0) is 19.6. The molecule has 0 aliphatic heterocycles. The number of aliphatic hydroxyl groups is 1. The van der Waals surface area contributed by atoms with Crippen LogP contribution in [0.15, 0.2) is 66.9 Å². The number of carbonyl (C=O) groups is 2. The SMILES string of the molecule is O=C(Nc1ccc2ncccc2c1)[C@H](CO)NC(=O)C1(c2ccccc2)CC1. The predicted octanol–water partition coefficient (Wildman–Crippen LogP) is 2.38. The van der Waals surface area contributed by atoms with Gasteiger partial charge in [-0.15, -0.1) is 0 Å². The zero-order valence-corrected chi connectivity index (χ0v) is 15.3. The molecule has 0 radical (unpaired) electrons. The van der Waals surface area contributed by atoms with Gasteiger partial charge in [0.2, 0.25) is 11.8 Å². The fraction of sp³-hybridized carbons (Fsp3) is 0.227. The Bertz CT molecular complexity index is 1020. The van der Waals surface area contributed by atoms with Gasteiger partial charge < -0.3 is 15.7 Å². The minimum atomic E-state index is -1.02. The third-order valence-electron chi connectivity index (χ3n) is 5.19. The highest BCUT2D eigenvalue weighted by molar-refractivity contribution is 6.00. The number of hydrogen-bond donors (Lipinski definition) is 3. The first-order valence-electron chi connectivity index (χ1n) is 9.25. The fourth-order valence-corrected chi connectivity index (χ4v) is 3.40. The number of anilines is 1. The van der Waals surface area contributed by atoms with Crippen LogP contribution >= 0.6 is 0 Å². The molecule has 1 aliphatic carbocycles. The largest absolute Gasteiger partial charge is 0.394 e. The Balaban J connectivity index is 1.46. The first kappa shape index (κ1) is 18.1. The smallest absolute Gasteiger partial charge is 0.249 e. The number of nitrogens with one attached hydrogen (secondary N) is 2. The van der Waals surface area contributed by atoms with Crippen LogP contribution in [0.2, 0.25) is 0 Å². The van der Waals surface area contributed by atoms with Crippen molar-refractivity contribution in [2.24, 2.45) is 0 Å². The molecule has 0 bridgehead atoms. The first-order valence-corrected chi connectivity index (χ1v) is 9.25. The summed E-state index contributed by atoms with van der Waals surface area (Å²) in [5.74, 6) is -0.682. The van der Waals surface area contributed by atoms with Crippen molar-refractivity contribution in [1.29, 1.82) is 0 Å². The van der Waals surface area contributed by atoms with Crippen molar-refractivity contribution in [1.82, 2.24) is 10.3 Å². The van der Waals surface area contributed by atoms with Gasteiger partial charge in [0.05, 0.1) is 17.5 Å². The maximum absolute atomic E-state index is 12.8. The normalized spacial score (nSPS) is 15.6. The monoisotopic (exact) mass is 375 g/mol. The van der Waals surface area contributed by atoms with Crippen molar-refractivity contribution in [2.45, 2.75) is 24.3 Å². The number of amides is 2. The lowest BCUT2D eigenvalue weighted by Crippen LogP contribution is -2.49. The number of pyridine rings is 1. The van der Waals surface area contributed by atoms with Crippen LogP contribution in [0, 0.1) is 0 Å². The second-order valence-corrected chi connectivity index (χ2v) is 7.06. The lowest BCUT2D eigenvalue weighted by Gasteiger charge is -2.21. The molecule has 1 atom stereocenters. The van der Waals surface area contributed by atoms with E-state index in [0.717, 1.165) is 29.3 Å². The highest BCUT2D eigenvalue weighted by atomic mass is 16.3. The maximum atomic E-state index is 12.8. The number of rotatable bonds is 6. The molecule has 6 heteroatoms. The van der Waals surface area contributed by atoms with Gasteiger partial charge in [0.1, 0.15) is 6.04 Å². The highest BCUT2D eigenvalue weighted by Gasteiger charge is 2.51. The van der Waals surface area contributed by atoms with E-state index in [4.69, 9.17) is 0 Å². The topological polar surface area (TPSA) is 91.3 Å². The van der Waals surface area contributed by atoms with Gasteiger partial charge in [-0.05, 0) is 42.7 Å². The molecular formula is C22H21N3O3. The molecule has 1 heterocycles. The Kier molecular flexibility index (Phi) is 4.79. The summed E-state index contributed by atoms with van der Waals surface area (Å²) < 4.78 is 0. The number of aromatic nitrogens is 1. The molecule has 4 rings (SSSR count). The minimum Gasteiger partial charge on any atom is -0.394 e. The Hall–Kier alpha value is -3.25. The third kappa shape index (κ3) is 3.46. The molecule has 0 spiro atoms. The molecule has 1 saturated carbocycles. The molecule has 142 valence electrons. The van der Waals surface area contributed by atoms with Crippen molar-refractivity contribution in [3.05, 3.63) is 72.4 Å². The average Bonchev–Trinajstić information content (AvgIpc) is 3.54. The average molecular weight is 375 g/mol. The van der Waals surface area contributed by atoms with E-state index in [-0.39, 0.29) is 5.91 Å². The van der Waals surface area contributed by atoms with Gasteiger partial charge in [0.25, 0.3) is 0 Å². The molecule has 6 nitrogen and oxygen atoms in total. The van der Waals surface area contributed by atoms with E-state index in [2.05, 4.69) is 15.6 Å². The number of benzene rings is 2. The van der Waals surface area contributed by atoms with Crippen LogP contribution in [-0.4, -0.2) is 34.6 Å². The van der Waals surface area contributed by atoms with Crippen molar-refractivity contribution in [2.75, 3.05) is 11.9 Å². The highest BCUT2D eigenvalue weighted by Crippen LogP contribution is 2.48. The quantitative estimate of drug-likeness (QED) is 0.617. The molecule has 2 amide bonds. The van der Waals surface area contributed by atoms with Crippen molar-refractivity contribution >= 4 is 28.4 Å². The van der Waals surface area contributed by atoms with Gasteiger partial charge in [0.15, 0.2) is 0 Å². The summed E-state index contributed by atoms with van der Waals surface area (Å²) in [6, 6.07) is 17.6. The Morgan fingerprint density at radius 2 is 1.86 bits per heavy atom. The van der Waals surface area contributed by atoms with Gasteiger partial charge in [-0.3, -0.25) is 14.6 Å². The molecule has 1 fully saturated rings. The maximum Gasteiger partial charge on any atom is 0.249 e. The second-order valence-electron chi connectivity index (χ2n) is 7.06. The van der Waals surface area contributed by atoms with E-state index in [0.29, 0.717) is 5.69 Å². The molecule has 2 aromatic carbocycles. The van der Waals surface area contributed by atoms with E-state index >= 15 is 0 Å². The van der Waals surface area contributed by atoms with Crippen molar-refractivity contribution in [3.63, 3.8) is 0 Å². The van der Waals surface area contributed by atoms with Crippen LogP contribution in [0.5, 0.6) is 0 Å². The van der Waals surface area contributed by atoms with Crippen molar-refractivity contribution < 1.29 is 14.7 Å². The van der Waals surface area contributed by atoms with Gasteiger partial charge in [0, 0.05) is 17.3 Å². The third-order valence-corrected chi connectivity index (χ3v) is 5.19.